The van der Waals surface area contributed by atoms with Crippen molar-refractivity contribution in [2.45, 2.75) is 124 Å². The maximum absolute atomic E-state index is 7.87. The van der Waals surface area contributed by atoms with E-state index in [-0.39, 0.29) is 38.1 Å². The first-order valence-electron chi connectivity index (χ1n) is 28.2. The van der Waals surface area contributed by atoms with Crippen LogP contribution in [0.4, 0.5) is 0 Å². The smallest absolute Gasteiger partial charge is 0.261 e. The number of thioether (sulfide) groups is 1. The largest absolute Gasteiger partial charge is 0.405 e. The van der Waals surface area contributed by atoms with E-state index in [4.69, 9.17) is 47.1 Å². The Morgan fingerprint density at radius 2 is 0.864 bits per heavy atom. The van der Waals surface area contributed by atoms with Gasteiger partial charge in [-0.1, -0.05) is 263 Å². The van der Waals surface area contributed by atoms with Crippen molar-refractivity contribution >= 4 is 30.5 Å². The molecule has 0 radical (unpaired) electrons. The van der Waals surface area contributed by atoms with E-state index in [0.29, 0.717) is 6.61 Å². The number of benzene rings is 8. The minimum atomic E-state index is -3.18. The summed E-state index contributed by atoms with van der Waals surface area (Å²) in [5.41, 5.74) is 4.29. The van der Waals surface area contributed by atoms with E-state index >= 15 is 0 Å². The number of fused-ring (bicyclic) bond motifs is 1. The standard InChI is InChI=1S/C69H72O10SSi/c1-69(2,3)81(56-40-24-10-25-41-56,57-42-26-11-27-43-57)75-49-59-61(63(71-45-51-30-14-5-15-31-51)65(73-47-53-34-18-7-19-35-53)68(77-59)80-55-38-22-9-23-39-55)79-67-64(72-46-52-32-16-6-17-33-52)62(70-44-50-28-12-4-13-29-50)60-58(76-67)48-74-66(78-60)54-36-20-8-21-37-54/h4-43,58-68H,44-49H2,1-3H3/t58-,59-,60-,61-,62+,63+,64-,65-,66-,67-,68+/m1/s1. The third kappa shape index (κ3) is 13.9. The molecule has 0 aromatic heterocycles. The van der Waals surface area contributed by atoms with Crippen LogP contribution in [0.15, 0.2) is 248 Å². The first-order chi connectivity index (χ1) is 39.8. The van der Waals surface area contributed by atoms with E-state index in [1.54, 1.807) is 11.8 Å². The van der Waals surface area contributed by atoms with Crippen LogP contribution in [0.3, 0.4) is 0 Å². The molecule has 418 valence electrons. The van der Waals surface area contributed by atoms with Crippen molar-refractivity contribution in [3.8, 4) is 0 Å². The Hall–Kier alpha value is -6.07. The molecule has 3 fully saturated rings. The summed E-state index contributed by atoms with van der Waals surface area (Å²) in [7, 11) is -3.18. The Balaban J connectivity index is 1.04. The highest BCUT2D eigenvalue weighted by Gasteiger charge is 2.57. The molecule has 0 spiro atoms. The normalized spacial score (nSPS) is 25.0. The van der Waals surface area contributed by atoms with Gasteiger partial charge in [-0.15, -0.1) is 0 Å². The van der Waals surface area contributed by atoms with Gasteiger partial charge in [0.15, 0.2) is 12.6 Å². The van der Waals surface area contributed by atoms with Crippen LogP contribution in [0.5, 0.6) is 0 Å². The minimum absolute atomic E-state index is 0.133. The lowest BCUT2D eigenvalue weighted by molar-refractivity contribution is -0.388. The van der Waals surface area contributed by atoms with Gasteiger partial charge in [0, 0.05) is 10.5 Å². The van der Waals surface area contributed by atoms with E-state index in [9.17, 15) is 0 Å². The maximum atomic E-state index is 7.87. The summed E-state index contributed by atoms with van der Waals surface area (Å²) >= 11 is 1.61. The Kier molecular flexibility index (Phi) is 19.2. The van der Waals surface area contributed by atoms with Gasteiger partial charge in [0.1, 0.15) is 54.3 Å². The molecule has 8 aromatic carbocycles. The summed E-state index contributed by atoms with van der Waals surface area (Å²) < 4.78 is 73.0. The van der Waals surface area contributed by atoms with E-state index < -0.39 is 75.2 Å². The topological polar surface area (TPSA) is 92.3 Å². The average Bonchev–Trinajstić information content (AvgIpc) is 3.55. The minimum Gasteiger partial charge on any atom is -0.405 e. The Bertz CT molecular complexity index is 3060. The summed E-state index contributed by atoms with van der Waals surface area (Å²) in [6, 6.07) is 82.4. The number of rotatable bonds is 22. The third-order valence-corrected chi connectivity index (χ3v) is 21.4. The van der Waals surface area contributed by atoms with Crippen LogP contribution in [0.2, 0.25) is 5.04 Å². The van der Waals surface area contributed by atoms with Crippen molar-refractivity contribution in [3.05, 3.63) is 270 Å². The first kappa shape index (κ1) is 56.8. The number of hydrogen-bond acceptors (Lipinski definition) is 11. The summed E-state index contributed by atoms with van der Waals surface area (Å²) in [5, 5.41) is 1.95. The van der Waals surface area contributed by atoms with E-state index in [1.165, 1.54) is 0 Å². The Morgan fingerprint density at radius 1 is 0.444 bits per heavy atom. The molecule has 11 rings (SSSR count). The van der Waals surface area contributed by atoms with Crippen molar-refractivity contribution in [1.82, 2.24) is 0 Å². The van der Waals surface area contributed by atoms with Gasteiger partial charge in [-0.3, -0.25) is 0 Å². The monoisotopic (exact) mass is 1120 g/mol. The molecule has 0 N–H and O–H groups in total. The van der Waals surface area contributed by atoms with Gasteiger partial charge in [-0.25, -0.2) is 0 Å². The van der Waals surface area contributed by atoms with Crippen molar-refractivity contribution in [2.75, 3.05) is 13.2 Å². The third-order valence-electron chi connectivity index (χ3n) is 15.3. The molecule has 3 saturated heterocycles. The maximum Gasteiger partial charge on any atom is 0.261 e. The van der Waals surface area contributed by atoms with Crippen LogP contribution in [0.1, 0.15) is 54.9 Å². The van der Waals surface area contributed by atoms with E-state index in [0.717, 1.165) is 43.1 Å². The van der Waals surface area contributed by atoms with Crippen LogP contribution in [-0.4, -0.2) is 82.1 Å². The lowest BCUT2D eigenvalue weighted by Gasteiger charge is -2.52. The van der Waals surface area contributed by atoms with Gasteiger partial charge in [0.25, 0.3) is 8.32 Å². The quantitative estimate of drug-likeness (QED) is 0.0608. The molecule has 0 bridgehead atoms. The summed E-state index contributed by atoms with van der Waals surface area (Å²) in [4.78, 5) is 1.02. The lowest BCUT2D eigenvalue weighted by atomic mass is 9.95. The number of hydrogen-bond donors (Lipinski definition) is 0. The zero-order chi connectivity index (χ0) is 55.3. The summed E-state index contributed by atoms with van der Waals surface area (Å²) in [5.74, 6) is 0. The van der Waals surface area contributed by atoms with Crippen LogP contribution in [0, 0.1) is 0 Å². The van der Waals surface area contributed by atoms with Gasteiger partial charge in [-0.05, 0) is 49.8 Å². The molecule has 10 nitrogen and oxygen atoms in total. The highest BCUT2D eigenvalue weighted by Crippen LogP contribution is 2.44. The van der Waals surface area contributed by atoms with Crippen LogP contribution in [-0.2, 0) is 73.5 Å². The summed E-state index contributed by atoms with van der Waals surface area (Å²) in [6.07, 6.45) is -7.65. The molecule has 0 amide bonds. The fourth-order valence-corrected chi connectivity index (χ4v) is 17.0. The Morgan fingerprint density at radius 3 is 1.35 bits per heavy atom. The predicted octanol–water partition coefficient (Wildman–Crippen LogP) is 12.6. The molecule has 3 heterocycles. The molecule has 12 heteroatoms. The SMILES string of the molecule is CC(C)(C)[Si](OC[C@H]1O[C@@H](Sc2ccccc2)[C@H](OCc2ccccc2)[C@@H](OCc2ccccc2)[C@@H]1O[C@H]1O[C@@H]2CO[C@@H](c3ccccc3)O[C@H]2[C@H](OCc2ccccc2)[C@H]1OCc1ccccc1)(c1ccccc1)c1ccccc1. The van der Waals surface area contributed by atoms with E-state index in [2.05, 4.69) is 142 Å². The molecule has 0 aliphatic carbocycles. The van der Waals surface area contributed by atoms with Gasteiger partial charge in [0.05, 0.1) is 39.6 Å². The van der Waals surface area contributed by atoms with Gasteiger partial charge in [0.2, 0.25) is 0 Å². The van der Waals surface area contributed by atoms with Gasteiger partial charge >= 0.3 is 0 Å². The zero-order valence-electron chi connectivity index (χ0n) is 46.2. The van der Waals surface area contributed by atoms with Crippen molar-refractivity contribution in [1.29, 1.82) is 0 Å². The number of ether oxygens (including phenoxy) is 9. The predicted molar refractivity (Wildman–Crippen MR) is 318 cm³/mol. The molecule has 0 unspecified atom stereocenters. The van der Waals surface area contributed by atoms with Crippen LogP contribution < -0.4 is 10.4 Å². The fourth-order valence-electron chi connectivity index (χ4n) is 11.3. The second-order valence-electron chi connectivity index (χ2n) is 21.8. The highest BCUT2D eigenvalue weighted by atomic mass is 32.2. The second kappa shape index (κ2) is 27.3. The highest BCUT2D eigenvalue weighted by molar-refractivity contribution is 7.99. The molecule has 3 aliphatic heterocycles. The van der Waals surface area contributed by atoms with Crippen molar-refractivity contribution < 1.29 is 47.1 Å². The molecular weight excluding hydrogens is 1050 g/mol. The van der Waals surface area contributed by atoms with E-state index in [1.807, 2.05) is 121 Å². The second-order valence-corrected chi connectivity index (χ2v) is 27.3. The lowest BCUT2D eigenvalue weighted by Crippen LogP contribution is -2.69. The molecule has 11 atom stereocenters. The summed E-state index contributed by atoms with van der Waals surface area (Å²) in [6.45, 7) is 8.27. The van der Waals surface area contributed by atoms with Gasteiger partial charge < -0.3 is 47.1 Å². The van der Waals surface area contributed by atoms with Crippen LogP contribution >= 0.6 is 11.8 Å². The average molecular weight is 1120 g/mol. The fraction of sp³-hybridized carbons (Fsp3) is 0.304. The van der Waals surface area contributed by atoms with Crippen molar-refractivity contribution in [3.63, 3.8) is 0 Å². The van der Waals surface area contributed by atoms with Crippen LogP contribution in [0.25, 0.3) is 0 Å². The first-order valence-corrected chi connectivity index (χ1v) is 30.9. The van der Waals surface area contributed by atoms with Gasteiger partial charge in [-0.2, -0.15) is 0 Å². The molecule has 81 heavy (non-hydrogen) atoms. The molecule has 0 saturated carbocycles. The molecule has 8 aromatic rings. The molecule has 3 aliphatic rings. The molecular formula is C69H72O10SSi. The Labute approximate surface area is 482 Å². The zero-order valence-corrected chi connectivity index (χ0v) is 48.0. The van der Waals surface area contributed by atoms with Crippen molar-refractivity contribution in [2.24, 2.45) is 0 Å².